The zero-order chi connectivity index (χ0) is 13.8. The molecule has 0 saturated heterocycles. The molecule has 104 valence electrons. The lowest BCUT2D eigenvalue weighted by atomic mass is 9.84. The van der Waals surface area contributed by atoms with Crippen molar-refractivity contribution in [3.8, 4) is 0 Å². The van der Waals surface area contributed by atoms with Gasteiger partial charge < -0.3 is 5.32 Å². The average molecular weight is 328 g/mol. The molecule has 1 N–H and O–H groups in total. The molecule has 2 unspecified atom stereocenters. The number of rotatable bonds is 3. The molecule has 2 nitrogen and oxygen atoms in total. The summed E-state index contributed by atoms with van der Waals surface area (Å²) >= 11 is 3.14. The molecule has 4 heteroatoms. The van der Waals surface area contributed by atoms with E-state index in [0.717, 1.165) is 25.7 Å². The zero-order valence-electron chi connectivity index (χ0n) is 11.1. The van der Waals surface area contributed by atoms with E-state index >= 15 is 0 Å². The van der Waals surface area contributed by atoms with Crippen molar-refractivity contribution in [3.63, 3.8) is 0 Å². The molecule has 2 rings (SSSR count). The van der Waals surface area contributed by atoms with Gasteiger partial charge in [-0.15, -0.1) is 0 Å². The van der Waals surface area contributed by atoms with Crippen LogP contribution in [0.15, 0.2) is 22.7 Å². The summed E-state index contributed by atoms with van der Waals surface area (Å²) in [7, 11) is 0. The Kier molecular flexibility index (Phi) is 4.97. The van der Waals surface area contributed by atoms with Gasteiger partial charge in [0.05, 0.1) is 10.0 Å². The Hall–Kier alpha value is -0.900. The van der Waals surface area contributed by atoms with Crippen LogP contribution < -0.4 is 5.32 Å². The third-order valence-corrected chi connectivity index (χ3v) is 4.70. The second kappa shape index (κ2) is 6.51. The van der Waals surface area contributed by atoms with Gasteiger partial charge in [0.25, 0.3) is 5.91 Å². The molecule has 1 amide bonds. The second-order valence-electron chi connectivity index (χ2n) is 5.21. The molecule has 1 aliphatic rings. The molecule has 1 fully saturated rings. The van der Waals surface area contributed by atoms with Crippen LogP contribution in [0.2, 0.25) is 0 Å². The van der Waals surface area contributed by atoms with Crippen LogP contribution in [0.1, 0.15) is 49.4 Å². The van der Waals surface area contributed by atoms with Crippen LogP contribution in [0.3, 0.4) is 0 Å². The first-order chi connectivity index (χ1) is 9.11. The van der Waals surface area contributed by atoms with Gasteiger partial charge in [0.15, 0.2) is 0 Å². The predicted octanol–water partition coefficient (Wildman–Crippen LogP) is 4.29. The normalized spacial score (nSPS) is 23.1. The van der Waals surface area contributed by atoms with Gasteiger partial charge in [-0.3, -0.25) is 4.79 Å². The molecule has 0 spiro atoms. The first-order valence-electron chi connectivity index (χ1n) is 6.86. The largest absolute Gasteiger partial charge is 0.349 e. The van der Waals surface area contributed by atoms with E-state index in [0.29, 0.717) is 11.5 Å². The lowest BCUT2D eigenvalue weighted by Crippen LogP contribution is -2.38. The van der Waals surface area contributed by atoms with Gasteiger partial charge in [0, 0.05) is 6.04 Å². The average Bonchev–Trinajstić information content (AvgIpc) is 2.42. The fraction of sp³-hybridized carbons (Fsp3) is 0.533. The number of amides is 1. The third kappa shape index (κ3) is 3.56. The van der Waals surface area contributed by atoms with Gasteiger partial charge in [-0.2, -0.15) is 0 Å². The molecule has 0 heterocycles. The first kappa shape index (κ1) is 14.5. The van der Waals surface area contributed by atoms with Crippen molar-refractivity contribution < 1.29 is 9.18 Å². The van der Waals surface area contributed by atoms with Gasteiger partial charge in [-0.1, -0.05) is 32.3 Å². The van der Waals surface area contributed by atoms with E-state index in [9.17, 15) is 9.18 Å². The van der Waals surface area contributed by atoms with Crippen LogP contribution in [0.25, 0.3) is 0 Å². The van der Waals surface area contributed by atoms with Crippen molar-refractivity contribution in [1.82, 2.24) is 5.32 Å². The van der Waals surface area contributed by atoms with Crippen LogP contribution in [0.5, 0.6) is 0 Å². The molecule has 0 aliphatic heterocycles. The van der Waals surface area contributed by atoms with Crippen LogP contribution in [0.4, 0.5) is 4.39 Å². The van der Waals surface area contributed by atoms with Gasteiger partial charge in [0.2, 0.25) is 0 Å². The van der Waals surface area contributed by atoms with Crippen LogP contribution in [-0.4, -0.2) is 11.9 Å². The fourth-order valence-corrected chi connectivity index (χ4v) is 3.18. The number of hydrogen-bond acceptors (Lipinski definition) is 1. The summed E-state index contributed by atoms with van der Waals surface area (Å²) in [6.07, 6.45) is 5.64. The molecule has 19 heavy (non-hydrogen) atoms. The lowest BCUT2D eigenvalue weighted by molar-refractivity contribution is 0.0918. The zero-order valence-corrected chi connectivity index (χ0v) is 12.7. The van der Waals surface area contributed by atoms with E-state index in [2.05, 4.69) is 28.2 Å². The topological polar surface area (TPSA) is 29.1 Å². The Morgan fingerprint density at radius 1 is 1.47 bits per heavy atom. The highest BCUT2D eigenvalue weighted by atomic mass is 79.9. The van der Waals surface area contributed by atoms with E-state index in [1.165, 1.54) is 12.5 Å². The van der Waals surface area contributed by atoms with E-state index in [1.54, 1.807) is 12.1 Å². The maximum Gasteiger partial charge on any atom is 0.252 e. The summed E-state index contributed by atoms with van der Waals surface area (Å²) < 4.78 is 13.7. The monoisotopic (exact) mass is 327 g/mol. The van der Waals surface area contributed by atoms with Crippen LogP contribution in [0, 0.1) is 11.7 Å². The minimum Gasteiger partial charge on any atom is -0.349 e. The van der Waals surface area contributed by atoms with Crippen LogP contribution >= 0.6 is 15.9 Å². The quantitative estimate of drug-likeness (QED) is 0.881. The SMILES string of the molecule is CCC1CCCC(NC(=O)c2cccc(F)c2Br)C1. The number of benzene rings is 1. The van der Waals surface area contributed by atoms with E-state index in [4.69, 9.17) is 0 Å². The van der Waals surface area contributed by atoms with E-state index in [1.807, 2.05) is 0 Å². The highest BCUT2D eigenvalue weighted by Crippen LogP contribution is 2.27. The minimum atomic E-state index is -0.400. The smallest absolute Gasteiger partial charge is 0.252 e. The van der Waals surface area contributed by atoms with Gasteiger partial charge in [0.1, 0.15) is 5.82 Å². The Morgan fingerprint density at radius 3 is 3.00 bits per heavy atom. The highest BCUT2D eigenvalue weighted by molar-refractivity contribution is 9.10. The van der Waals surface area contributed by atoms with Crippen molar-refractivity contribution >= 4 is 21.8 Å². The molecule has 0 radical (unpaired) electrons. The third-order valence-electron chi connectivity index (χ3n) is 3.89. The van der Waals surface area contributed by atoms with Crippen molar-refractivity contribution in [2.75, 3.05) is 0 Å². The van der Waals surface area contributed by atoms with Crippen molar-refractivity contribution in [2.24, 2.45) is 5.92 Å². The molecular weight excluding hydrogens is 309 g/mol. The summed E-state index contributed by atoms with van der Waals surface area (Å²) in [6, 6.07) is 4.77. The van der Waals surface area contributed by atoms with Gasteiger partial charge >= 0.3 is 0 Å². The number of nitrogens with one attached hydrogen (secondary N) is 1. The lowest BCUT2D eigenvalue weighted by Gasteiger charge is -2.29. The summed E-state index contributed by atoms with van der Waals surface area (Å²) in [5.74, 6) is 0.117. The van der Waals surface area contributed by atoms with E-state index in [-0.39, 0.29) is 16.4 Å². The number of carbonyl (C=O) groups is 1. The first-order valence-corrected chi connectivity index (χ1v) is 7.66. The standard InChI is InChI=1S/C15H19BrFNO/c1-2-10-5-3-6-11(9-10)18-15(19)12-7-4-8-13(17)14(12)16/h4,7-8,10-11H,2-3,5-6,9H2,1H3,(H,18,19). The highest BCUT2D eigenvalue weighted by Gasteiger charge is 2.23. The van der Waals surface area contributed by atoms with Crippen molar-refractivity contribution in [1.29, 1.82) is 0 Å². The van der Waals surface area contributed by atoms with Crippen LogP contribution in [-0.2, 0) is 0 Å². The fourth-order valence-electron chi connectivity index (χ4n) is 2.74. The second-order valence-corrected chi connectivity index (χ2v) is 6.01. The molecule has 0 aromatic heterocycles. The summed E-state index contributed by atoms with van der Waals surface area (Å²) in [6.45, 7) is 2.19. The summed E-state index contributed by atoms with van der Waals surface area (Å²) in [5.41, 5.74) is 0.374. The molecule has 1 aromatic carbocycles. The molecular formula is C15H19BrFNO. The van der Waals surface area contributed by atoms with Gasteiger partial charge in [-0.05, 0) is 46.8 Å². The minimum absolute atomic E-state index is 0.187. The molecule has 2 atom stereocenters. The van der Waals surface area contributed by atoms with Gasteiger partial charge in [-0.25, -0.2) is 4.39 Å². The number of hydrogen-bond donors (Lipinski definition) is 1. The predicted molar refractivity (Wildman–Crippen MR) is 77.6 cm³/mol. The summed E-state index contributed by atoms with van der Waals surface area (Å²) in [5, 5.41) is 3.03. The number of halogens is 2. The molecule has 0 bridgehead atoms. The molecule has 1 aromatic rings. The number of carbonyl (C=O) groups excluding carboxylic acids is 1. The van der Waals surface area contributed by atoms with Crippen molar-refractivity contribution in [2.45, 2.75) is 45.1 Å². The maximum atomic E-state index is 13.4. The Labute approximate surface area is 121 Å². The Balaban J connectivity index is 2.02. The maximum absolute atomic E-state index is 13.4. The molecule has 1 aliphatic carbocycles. The molecule has 1 saturated carbocycles. The summed E-state index contributed by atoms with van der Waals surface area (Å²) in [4.78, 5) is 12.2. The van der Waals surface area contributed by atoms with Crippen molar-refractivity contribution in [3.05, 3.63) is 34.1 Å². The van der Waals surface area contributed by atoms with E-state index < -0.39 is 5.82 Å². The Morgan fingerprint density at radius 2 is 2.26 bits per heavy atom. The Bertz CT molecular complexity index is 463.